The molecule has 2 atom stereocenters. The number of hydrogen-bond donors (Lipinski definition) is 3. The molecular formula is C18H30N4O2. The molecule has 1 saturated heterocycles. The highest BCUT2D eigenvalue weighted by molar-refractivity contribution is 5.78. The lowest BCUT2D eigenvalue weighted by Crippen LogP contribution is -2.49. The van der Waals surface area contributed by atoms with Crippen LogP contribution >= 0.6 is 0 Å². The van der Waals surface area contributed by atoms with Crippen LogP contribution in [-0.2, 0) is 11.3 Å². The van der Waals surface area contributed by atoms with Crippen LogP contribution in [0.15, 0.2) is 12.1 Å². The Morgan fingerprint density at radius 1 is 1.21 bits per heavy atom. The number of carbonyl (C=O) groups is 1. The first-order chi connectivity index (χ1) is 11.3. The maximum atomic E-state index is 12.3. The SMILES string of the molecule is COc1c(C)cc(CN(C)CC(=O)NC2C(C)NNC2C)cc1C. The first kappa shape index (κ1) is 18.7. The topological polar surface area (TPSA) is 65.6 Å². The molecular weight excluding hydrogens is 304 g/mol. The zero-order valence-corrected chi connectivity index (χ0v) is 15.6. The van der Waals surface area contributed by atoms with E-state index >= 15 is 0 Å². The van der Waals surface area contributed by atoms with E-state index in [4.69, 9.17) is 4.74 Å². The highest BCUT2D eigenvalue weighted by atomic mass is 16.5. The van der Waals surface area contributed by atoms with Gasteiger partial charge in [-0.1, -0.05) is 12.1 Å². The van der Waals surface area contributed by atoms with Crippen molar-refractivity contribution in [3.8, 4) is 5.75 Å². The van der Waals surface area contributed by atoms with Crippen LogP contribution in [0.25, 0.3) is 0 Å². The third-order valence-electron chi connectivity index (χ3n) is 4.53. The van der Waals surface area contributed by atoms with E-state index in [2.05, 4.69) is 42.1 Å². The Labute approximate surface area is 144 Å². The number of aryl methyl sites for hydroxylation is 2. The number of hydrogen-bond acceptors (Lipinski definition) is 5. The molecule has 0 spiro atoms. The van der Waals surface area contributed by atoms with Gasteiger partial charge in [-0.25, -0.2) is 0 Å². The van der Waals surface area contributed by atoms with Crippen LogP contribution in [0.4, 0.5) is 0 Å². The van der Waals surface area contributed by atoms with Gasteiger partial charge in [-0.2, -0.15) is 0 Å². The molecule has 1 heterocycles. The van der Waals surface area contributed by atoms with Crippen LogP contribution in [0.2, 0.25) is 0 Å². The number of amides is 1. The van der Waals surface area contributed by atoms with Gasteiger partial charge >= 0.3 is 0 Å². The summed E-state index contributed by atoms with van der Waals surface area (Å²) in [6, 6.07) is 4.79. The van der Waals surface area contributed by atoms with Crippen LogP contribution in [0.1, 0.15) is 30.5 Å². The van der Waals surface area contributed by atoms with Gasteiger partial charge in [0.05, 0.1) is 19.7 Å². The van der Waals surface area contributed by atoms with Gasteiger partial charge in [0, 0.05) is 18.6 Å². The van der Waals surface area contributed by atoms with Crippen LogP contribution in [0, 0.1) is 13.8 Å². The quantitative estimate of drug-likeness (QED) is 0.727. The van der Waals surface area contributed by atoms with Gasteiger partial charge in [0.25, 0.3) is 0 Å². The summed E-state index contributed by atoms with van der Waals surface area (Å²) in [6.45, 7) is 9.32. The first-order valence-electron chi connectivity index (χ1n) is 8.45. The van der Waals surface area contributed by atoms with E-state index in [1.165, 1.54) is 5.56 Å². The molecule has 1 amide bonds. The summed E-state index contributed by atoms with van der Waals surface area (Å²) in [7, 11) is 3.66. The lowest BCUT2D eigenvalue weighted by molar-refractivity contribution is -0.122. The highest BCUT2D eigenvalue weighted by Gasteiger charge is 2.30. The predicted molar refractivity (Wildman–Crippen MR) is 95.9 cm³/mol. The van der Waals surface area contributed by atoms with E-state index in [0.29, 0.717) is 6.54 Å². The standard InChI is InChI=1S/C18H30N4O2/c1-11-7-15(8-12(2)18(11)24-6)9-22(5)10-16(23)19-17-13(3)20-21-14(17)4/h7-8,13-14,17,20-21H,9-10H2,1-6H3,(H,19,23). The molecule has 24 heavy (non-hydrogen) atoms. The second-order valence-electron chi connectivity index (χ2n) is 6.89. The Kier molecular flexibility index (Phi) is 6.21. The molecule has 0 radical (unpaired) electrons. The van der Waals surface area contributed by atoms with Crippen LogP contribution in [0.5, 0.6) is 5.75 Å². The number of hydrazine groups is 1. The smallest absolute Gasteiger partial charge is 0.234 e. The molecule has 2 rings (SSSR count). The molecule has 6 heteroatoms. The number of benzene rings is 1. The Morgan fingerprint density at radius 2 is 1.75 bits per heavy atom. The highest BCUT2D eigenvalue weighted by Crippen LogP contribution is 2.24. The number of rotatable bonds is 6. The van der Waals surface area contributed by atoms with Crippen LogP contribution in [0.3, 0.4) is 0 Å². The molecule has 134 valence electrons. The maximum absolute atomic E-state index is 12.3. The van der Waals surface area contributed by atoms with Gasteiger partial charge in [0.15, 0.2) is 0 Å². The summed E-state index contributed by atoms with van der Waals surface area (Å²) in [4.78, 5) is 14.3. The molecule has 1 aliphatic rings. The third kappa shape index (κ3) is 4.47. The summed E-state index contributed by atoms with van der Waals surface area (Å²) in [5.74, 6) is 0.983. The molecule has 1 aromatic rings. The Morgan fingerprint density at radius 3 is 2.25 bits per heavy atom. The number of carbonyl (C=O) groups excluding carboxylic acids is 1. The van der Waals surface area contributed by atoms with Crippen molar-refractivity contribution in [3.63, 3.8) is 0 Å². The minimum Gasteiger partial charge on any atom is -0.496 e. The predicted octanol–water partition coefficient (Wildman–Crippen LogP) is 1.11. The number of ether oxygens (including phenoxy) is 1. The second kappa shape index (κ2) is 7.96. The number of nitrogens with one attached hydrogen (secondary N) is 3. The lowest BCUT2D eigenvalue weighted by Gasteiger charge is -2.22. The van der Waals surface area contributed by atoms with E-state index < -0.39 is 0 Å². The summed E-state index contributed by atoms with van der Waals surface area (Å²) < 4.78 is 5.41. The zero-order chi connectivity index (χ0) is 17.9. The fourth-order valence-electron chi connectivity index (χ4n) is 3.42. The second-order valence-corrected chi connectivity index (χ2v) is 6.89. The Balaban J connectivity index is 1.91. The van der Waals surface area contributed by atoms with Gasteiger partial charge in [-0.3, -0.25) is 20.5 Å². The van der Waals surface area contributed by atoms with E-state index in [9.17, 15) is 4.79 Å². The van der Waals surface area contributed by atoms with E-state index in [1.807, 2.05) is 25.8 Å². The number of methoxy groups -OCH3 is 1. The first-order valence-corrected chi connectivity index (χ1v) is 8.45. The van der Waals surface area contributed by atoms with Crippen LogP contribution < -0.4 is 20.9 Å². The average molecular weight is 334 g/mol. The molecule has 3 N–H and O–H groups in total. The minimum absolute atomic E-state index is 0.0497. The molecule has 2 unspecified atom stereocenters. The molecule has 6 nitrogen and oxygen atoms in total. The molecule has 0 aromatic heterocycles. The zero-order valence-electron chi connectivity index (χ0n) is 15.6. The fourth-order valence-corrected chi connectivity index (χ4v) is 3.42. The molecule has 0 saturated carbocycles. The minimum atomic E-state index is 0.0497. The van der Waals surface area contributed by atoms with Gasteiger partial charge in [0.2, 0.25) is 5.91 Å². The van der Waals surface area contributed by atoms with Crippen molar-refractivity contribution in [1.29, 1.82) is 0 Å². The lowest BCUT2D eigenvalue weighted by atomic mass is 10.1. The van der Waals surface area contributed by atoms with Crippen molar-refractivity contribution in [2.75, 3.05) is 20.7 Å². The maximum Gasteiger partial charge on any atom is 0.234 e. The van der Waals surface area contributed by atoms with E-state index in [1.54, 1.807) is 7.11 Å². The van der Waals surface area contributed by atoms with Crippen molar-refractivity contribution in [2.45, 2.75) is 52.4 Å². The van der Waals surface area contributed by atoms with Gasteiger partial charge < -0.3 is 10.1 Å². The summed E-state index contributed by atoms with van der Waals surface area (Å²) >= 11 is 0. The van der Waals surface area contributed by atoms with E-state index in [-0.39, 0.29) is 24.0 Å². The average Bonchev–Trinajstić information content (AvgIpc) is 2.78. The van der Waals surface area contributed by atoms with E-state index in [0.717, 1.165) is 23.4 Å². The van der Waals surface area contributed by atoms with Gasteiger partial charge in [-0.15, -0.1) is 0 Å². The fraction of sp³-hybridized carbons (Fsp3) is 0.611. The number of likely N-dealkylation sites (N-methyl/N-ethyl adjacent to an activating group) is 1. The van der Waals surface area contributed by atoms with Crippen molar-refractivity contribution in [3.05, 3.63) is 28.8 Å². The molecule has 1 aliphatic heterocycles. The number of nitrogens with zero attached hydrogens (tertiary/aromatic N) is 1. The van der Waals surface area contributed by atoms with Crippen molar-refractivity contribution < 1.29 is 9.53 Å². The van der Waals surface area contributed by atoms with Gasteiger partial charge in [-0.05, 0) is 51.4 Å². The van der Waals surface area contributed by atoms with Crippen molar-refractivity contribution in [2.24, 2.45) is 0 Å². The Bertz CT molecular complexity index is 557. The summed E-state index contributed by atoms with van der Waals surface area (Å²) in [5.41, 5.74) is 9.73. The third-order valence-corrected chi connectivity index (χ3v) is 4.53. The monoisotopic (exact) mass is 334 g/mol. The molecule has 0 bridgehead atoms. The van der Waals surface area contributed by atoms with Crippen molar-refractivity contribution in [1.82, 2.24) is 21.1 Å². The summed E-state index contributed by atoms with van der Waals surface area (Å²) in [6.07, 6.45) is 0. The molecule has 0 aliphatic carbocycles. The molecule has 1 fully saturated rings. The molecule has 1 aromatic carbocycles. The normalized spacial score (nSPS) is 23.5. The Hall–Kier alpha value is -1.63. The van der Waals surface area contributed by atoms with Crippen molar-refractivity contribution >= 4 is 5.91 Å². The summed E-state index contributed by atoms with van der Waals surface area (Å²) in [5, 5.41) is 3.11. The van der Waals surface area contributed by atoms with Gasteiger partial charge in [0.1, 0.15) is 5.75 Å². The van der Waals surface area contributed by atoms with Crippen LogP contribution in [-0.4, -0.2) is 49.6 Å². The largest absolute Gasteiger partial charge is 0.496 e.